The smallest absolute Gasteiger partial charge is 0.387 e. The number of nitrogens with zero attached hydrogens (tertiary/aromatic N) is 3. The molecule has 1 atom stereocenters. The first-order chi connectivity index (χ1) is 18.1. The molecule has 0 amide bonds. The third-order valence-electron chi connectivity index (χ3n) is 7.51. The predicted octanol–water partition coefficient (Wildman–Crippen LogP) is 5.83. The van der Waals surface area contributed by atoms with Crippen molar-refractivity contribution in [2.24, 2.45) is 5.10 Å². The van der Waals surface area contributed by atoms with Crippen LogP contribution in [0.25, 0.3) is 0 Å². The van der Waals surface area contributed by atoms with E-state index >= 15 is 0 Å². The van der Waals surface area contributed by atoms with Crippen LogP contribution in [0.5, 0.6) is 17.2 Å². The summed E-state index contributed by atoms with van der Waals surface area (Å²) in [6.45, 7) is -0.330. The second-order valence-corrected chi connectivity index (χ2v) is 9.67. The Morgan fingerprint density at radius 1 is 0.973 bits per heavy atom. The third kappa shape index (κ3) is 4.39. The van der Waals surface area contributed by atoms with Gasteiger partial charge in [-0.15, -0.1) is 0 Å². The van der Waals surface area contributed by atoms with E-state index in [1.54, 1.807) is 25.3 Å². The summed E-state index contributed by atoms with van der Waals surface area (Å²) >= 11 is 0. The topological polar surface area (TPSA) is 46.5 Å². The highest BCUT2D eigenvalue weighted by Crippen LogP contribution is 2.53. The van der Waals surface area contributed by atoms with Gasteiger partial charge in [-0.05, 0) is 23.8 Å². The normalized spacial score (nSPS) is 20.3. The monoisotopic (exact) mass is 505 g/mol. The number of ether oxygens (including phenoxy) is 3. The molecule has 1 saturated heterocycles. The van der Waals surface area contributed by atoms with E-state index in [0.717, 1.165) is 43.8 Å². The first-order valence-corrected chi connectivity index (χ1v) is 12.6. The maximum absolute atomic E-state index is 13.1. The van der Waals surface area contributed by atoms with Gasteiger partial charge in [-0.3, -0.25) is 4.90 Å². The first-order valence-electron chi connectivity index (χ1n) is 12.6. The van der Waals surface area contributed by atoms with Gasteiger partial charge in [0.15, 0.2) is 11.5 Å². The van der Waals surface area contributed by atoms with Crippen LogP contribution in [0.1, 0.15) is 42.0 Å². The van der Waals surface area contributed by atoms with Gasteiger partial charge in [-0.1, -0.05) is 54.6 Å². The Bertz CT molecular complexity index is 1290. The summed E-state index contributed by atoms with van der Waals surface area (Å²) < 4.78 is 43.6. The van der Waals surface area contributed by atoms with Crippen LogP contribution in [0, 0.1) is 0 Å². The van der Waals surface area contributed by atoms with Crippen LogP contribution >= 0.6 is 0 Å². The minimum atomic E-state index is -2.90. The number of fused-ring (bicyclic) bond motifs is 4. The molecular formula is C29H29F2N3O3. The molecule has 192 valence electrons. The molecule has 3 heterocycles. The molecule has 0 unspecified atom stereocenters. The minimum absolute atomic E-state index is 0.0888. The van der Waals surface area contributed by atoms with E-state index < -0.39 is 12.3 Å². The Morgan fingerprint density at radius 3 is 2.46 bits per heavy atom. The number of benzene rings is 3. The Morgan fingerprint density at radius 2 is 1.70 bits per heavy atom. The largest absolute Gasteiger partial charge is 0.493 e. The van der Waals surface area contributed by atoms with Crippen LogP contribution in [0.2, 0.25) is 0 Å². The van der Waals surface area contributed by atoms with Gasteiger partial charge in [0.1, 0.15) is 5.75 Å². The van der Waals surface area contributed by atoms with Crippen LogP contribution in [0.15, 0.2) is 77.9 Å². The number of piperidine rings is 1. The molecule has 37 heavy (non-hydrogen) atoms. The predicted molar refractivity (Wildman–Crippen MR) is 136 cm³/mol. The molecule has 6 rings (SSSR count). The number of halogens is 2. The molecule has 3 aromatic carbocycles. The van der Waals surface area contributed by atoms with Gasteiger partial charge in [0.25, 0.3) is 0 Å². The summed E-state index contributed by atoms with van der Waals surface area (Å²) in [5.41, 5.74) is 2.91. The first kappa shape index (κ1) is 23.7. The highest BCUT2D eigenvalue weighted by Gasteiger charge is 2.52. The lowest BCUT2D eigenvalue weighted by Gasteiger charge is -2.51. The molecule has 1 spiro atoms. The van der Waals surface area contributed by atoms with Gasteiger partial charge in [-0.25, -0.2) is 5.01 Å². The van der Waals surface area contributed by atoms with E-state index in [1.807, 2.05) is 30.3 Å². The van der Waals surface area contributed by atoms with Gasteiger partial charge >= 0.3 is 6.61 Å². The maximum atomic E-state index is 13.1. The molecule has 0 N–H and O–H groups in total. The molecule has 6 nitrogen and oxygen atoms in total. The maximum Gasteiger partial charge on any atom is 0.387 e. The van der Waals surface area contributed by atoms with E-state index in [0.29, 0.717) is 23.4 Å². The summed E-state index contributed by atoms with van der Waals surface area (Å²) in [6, 6.07) is 23.1. The zero-order chi connectivity index (χ0) is 25.4. The van der Waals surface area contributed by atoms with Crippen molar-refractivity contribution in [3.8, 4) is 17.2 Å². The van der Waals surface area contributed by atoms with Crippen LogP contribution in [0.3, 0.4) is 0 Å². The van der Waals surface area contributed by atoms with Crippen molar-refractivity contribution in [3.05, 3.63) is 89.5 Å². The van der Waals surface area contributed by atoms with E-state index in [2.05, 4.69) is 34.2 Å². The Labute approximate surface area is 215 Å². The molecule has 3 aliphatic rings. The van der Waals surface area contributed by atoms with Crippen LogP contribution in [-0.4, -0.2) is 48.2 Å². The number of methoxy groups -OCH3 is 1. The molecular weight excluding hydrogens is 476 g/mol. The van der Waals surface area contributed by atoms with E-state index in [-0.39, 0.29) is 11.8 Å². The van der Waals surface area contributed by atoms with Crippen molar-refractivity contribution in [3.63, 3.8) is 0 Å². The summed E-state index contributed by atoms with van der Waals surface area (Å²) in [5.74, 6) is 1.57. The molecule has 3 aromatic rings. The lowest BCUT2D eigenvalue weighted by atomic mass is 9.90. The molecule has 1 fully saturated rings. The number of likely N-dealkylation sites (tertiary alicyclic amines) is 1. The SMILES string of the molecule is COc1cccc2c1OC1(CCN(Cc3ccccc3)CC1)N1N=C(c3ccccc3OC(F)F)C[C@@H]21. The number of hydrazone groups is 1. The molecule has 0 saturated carbocycles. The standard InChI is InChI=1S/C29H29F2N3O3/c1-35-26-13-7-11-22-24-18-23(21-10-5-6-12-25(21)36-28(30)31)32-34(24)29(37-27(22)26)14-16-33(17-15-29)19-20-8-3-2-4-9-20/h2-13,24,28H,14-19H2,1H3/t24-/m0/s1. The molecule has 0 radical (unpaired) electrons. The van der Waals surface area contributed by atoms with Gasteiger partial charge in [0.2, 0.25) is 5.72 Å². The number of alkyl halides is 2. The Kier molecular flexibility index (Phi) is 6.20. The lowest BCUT2D eigenvalue weighted by molar-refractivity contribution is -0.151. The minimum Gasteiger partial charge on any atom is -0.493 e. The third-order valence-corrected chi connectivity index (χ3v) is 7.51. The zero-order valence-corrected chi connectivity index (χ0v) is 20.6. The number of hydrogen-bond donors (Lipinski definition) is 0. The summed E-state index contributed by atoms with van der Waals surface area (Å²) in [5, 5.41) is 7.10. The van der Waals surface area contributed by atoms with Crippen LogP contribution in [-0.2, 0) is 6.54 Å². The van der Waals surface area contributed by atoms with Crippen molar-refractivity contribution >= 4 is 5.71 Å². The summed E-state index contributed by atoms with van der Waals surface area (Å²) in [7, 11) is 1.65. The van der Waals surface area contributed by atoms with Crippen molar-refractivity contribution in [2.75, 3.05) is 20.2 Å². The van der Waals surface area contributed by atoms with E-state index in [9.17, 15) is 8.78 Å². The van der Waals surface area contributed by atoms with Crippen molar-refractivity contribution in [1.82, 2.24) is 9.91 Å². The second kappa shape index (κ2) is 9.67. The lowest BCUT2D eigenvalue weighted by Crippen LogP contribution is -2.59. The fourth-order valence-corrected chi connectivity index (χ4v) is 5.73. The highest BCUT2D eigenvalue weighted by atomic mass is 19.3. The van der Waals surface area contributed by atoms with E-state index in [1.165, 1.54) is 5.56 Å². The molecule has 0 aromatic heterocycles. The van der Waals surface area contributed by atoms with Crippen LogP contribution in [0.4, 0.5) is 8.78 Å². The Hall–Kier alpha value is -3.65. The molecule has 0 bridgehead atoms. The quantitative estimate of drug-likeness (QED) is 0.422. The summed E-state index contributed by atoms with van der Waals surface area (Å²) in [4.78, 5) is 2.43. The number of rotatable bonds is 6. The van der Waals surface area contributed by atoms with Gasteiger partial charge < -0.3 is 14.2 Å². The van der Waals surface area contributed by atoms with Crippen molar-refractivity contribution in [1.29, 1.82) is 0 Å². The van der Waals surface area contributed by atoms with Crippen LogP contribution < -0.4 is 14.2 Å². The second-order valence-electron chi connectivity index (χ2n) is 9.67. The fourth-order valence-electron chi connectivity index (χ4n) is 5.73. The van der Waals surface area contributed by atoms with Crippen molar-refractivity contribution in [2.45, 2.75) is 44.2 Å². The van der Waals surface area contributed by atoms with Gasteiger partial charge in [-0.2, -0.15) is 13.9 Å². The molecule has 3 aliphatic heterocycles. The van der Waals surface area contributed by atoms with Gasteiger partial charge in [0, 0.05) is 50.0 Å². The van der Waals surface area contributed by atoms with Crippen molar-refractivity contribution < 1.29 is 23.0 Å². The summed E-state index contributed by atoms with van der Waals surface area (Å²) in [6.07, 6.45) is 2.06. The average molecular weight is 506 g/mol. The van der Waals surface area contributed by atoms with E-state index in [4.69, 9.17) is 19.3 Å². The zero-order valence-electron chi connectivity index (χ0n) is 20.6. The highest BCUT2D eigenvalue weighted by molar-refractivity contribution is 6.04. The molecule has 0 aliphatic carbocycles. The number of hydrogen-bond acceptors (Lipinski definition) is 6. The number of para-hydroxylation sites is 2. The fraction of sp³-hybridized carbons (Fsp3) is 0.345. The Balaban J connectivity index is 1.34. The van der Waals surface area contributed by atoms with Gasteiger partial charge in [0.05, 0.1) is 18.9 Å². The molecule has 8 heteroatoms. The average Bonchev–Trinajstić information content (AvgIpc) is 3.37.